The third-order valence-corrected chi connectivity index (χ3v) is 8.31. The number of thiophene rings is 1. The molecule has 1 N–H and O–H groups in total. The molecular weight excluding hydrogens is 440 g/mol. The molecule has 1 saturated carbocycles. The maximum Gasteiger partial charge on any atom is 0.316 e. The Bertz CT molecular complexity index is 1200. The topological polar surface area (TPSA) is 72.0 Å². The second kappa shape index (κ2) is 9.40. The first-order valence-corrected chi connectivity index (χ1v) is 13.4. The number of aromatic nitrogens is 2. The molecule has 2 heterocycles. The highest BCUT2D eigenvalue weighted by Gasteiger charge is 2.22. The molecule has 3 aromatic rings. The van der Waals surface area contributed by atoms with Gasteiger partial charge in [0.1, 0.15) is 10.9 Å². The lowest BCUT2D eigenvalue weighted by Crippen LogP contribution is -2.25. The molecule has 0 spiro atoms. The monoisotopic (exact) mass is 468 g/mol. The molecule has 2 aromatic heterocycles. The molecular formula is C25H28N2O3S2. The summed E-state index contributed by atoms with van der Waals surface area (Å²) in [4.78, 5) is 33.4. The summed E-state index contributed by atoms with van der Waals surface area (Å²) in [6, 6.07) is 6.56. The van der Waals surface area contributed by atoms with Gasteiger partial charge in [-0.1, -0.05) is 43.3 Å². The Labute approximate surface area is 196 Å². The molecule has 7 heteroatoms. The minimum absolute atomic E-state index is 0.0258. The Morgan fingerprint density at radius 3 is 2.91 bits per heavy atom. The molecule has 2 unspecified atom stereocenters. The van der Waals surface area contributed by atoms with Crippen molar-refractivity contribution in [3.63, 3.8) is 0 Å². The highest BCUT2D eigenvalue weighted by atomic mass is 32.2. The first-order valence-electron chi connectivity index (χ1n) is 11.5. The smallest absolute Gasteiger partial charge is 0.316 e. The van der Waals surface area contributed by atoms with Crippen LogP contribution in [0.3, 0.4) is 0 Å². The van der Waals surface area contributed by atoms with E-state index in [4.69, 9.17) is 4.74 Å². The number of carbonyl (C=O) groups excluding carboxylic acids is 1. The van der Waals surface area contributed by atoms with Crippen LogP contribution in [-0.2, 0) is 22.4 Å². The minimum Gasteiger partial charge on any atom is -0.462 e. The number of H-pyrrole nitrogens is 1. The van der Waals surface area contributed by atoms with E-state index in [2.05, 4.69) is 35.1 Å². The van der Waals surface area contributed by atoms with Crippen molar-refractivity contribution in [1.82, 2.24) is 9.97 Å². The molecule has 2 atom stereocenters. The largest absolute Gasteiger partial charge is 0.462 e. The molecule has 32 heavy (non-hydrogen) atoms. The second-order valence-electron chi connectivity index (χ2n) is 9.06. The number of nitrogens with zero attached hydrogens (tertiary/aromatic N) is 1. The number of aromatic amines is 1. The summed E-state index contributed by atoms with van der Waals surface area (Å²) >= 11 is 2.71. The van der Waals surface area contributed by atoms with Crippen molar-refractivity contribution >= 4 is 39.3 Å². The zero-order chi connectivity index (χ0) is 22.1. The Morgan fingerprint density at radius 2 is 2.06 bits per heavy atom. The van der Waals surface area contributed by atoms with Crippen LogP contribution in [0, 0.1) is 5.92 Å². The van der Waals surface area contributed by atoms with Gasteiger partial charge in [-0.05, 0) is 67.6 Å². The first kappa shape index (κ1) is 21.7. The fourth-order valence-corrected chi connectivity index (χ4v) is 6.59. The molecule has 1 aromatic carbocycles. The van der Waals surface area contributed by atoms with Gasteiger partial charge >= 0.3 is 5.97 Å². The number of fused-ring (bicyclic) bond motifs is 2. The number of hydrogen-bond acceptors (Lipinski definition) is 6. The number of carbonyl (C=O) groups is 1. The summed E-state index contributed by atoms with van der Waals surface area (Å²) in [5, 5.41) is 3.12. The normalized spacial score (nSPS) is 20.8. The Hall–Kier alpha value is -2.12. The molecule has 0 bridgehead atoms. The van der Waals surface area contributed by atoms with Gasteiger partial charge in [0.25, 0.3) is 5.56 Å². The van der Waals surface area contributed by atoms with Crippen LogP contribution in [0.1, 0.15) is 56.6 Å². The Balaban J connectivity index is 1.31. The summed E-state index contributed by atoms with van der Waals surface area (Å²) in [6.07, 6.45) is 8.97. The third kappa shape index (κ3) is 4.64. The zero-order valence-corrected chi connectivity index (χ0v) is 19.9. The molecule has 2 aliphatic rings. The quantitative estimate of drug-likeness (QED) is 0.293. The van der Waals surface area contributed by atoms with E-state index < -0.39 is 0 Å². The molecule has 0 amide bonds. The lowest BCUT2D eigenvalue weighted by atomic mass is 9.89. The second-order valence-corrected chi connectivity index (χ2v) is 10.9. The summed E-state index contributed by atoms with van der Waals surface area (Å²) < 4.78 is 5.63. The van der Waals surface area contributed by atoms with Gasteiger partial charge in [-0.25, -0.2) is 4.98 Å². The summed E-state index contributed by atoms with van der Waals surface area (Å²) in [7, 11) is 0. The van der Waals surface area contributed by atoms with E-state index >= 15 is 0 Å². The van der Waals surface area contributed by atoms with Crippen molar-refractivity contribution in [2.45, 2.75) is 69.6 Å². The van der Waals surface area contributed by atoms with Crippen LogP contribution < -0.4 is 5.56 Å². The lowest BCUT2D eigenvalue weighted by molar-refractivity contribution is -0.147. The zero-order valence-electron chi connectivity index (χ0n) is 18.3. The van der Waals surface area contributed by atoms with Crippen LogP contribution in [0.25, 0.3) is 21.3 Å². The highest BCUT2D eigenvalue weighted by molar-refractivity contribution is 7.99. The fraction of sp³-hybridized carbons (Fsp3) is 0.480. The van der Waals surface area contributed by atoms with Gasteiger partial charge in [0.2, 0.25) is 0 Å². The lowest BCUT2D eigenvalue weighted by Gasteiger charge is -2.26. The van der Waals surface area contributed by atoms with Gasteiger partial charge in [-0.3, -0.25) is 9.59 Å². The number of esters is 1. The Kier molecular flexibility index (Phi) is 6.37. The van der Waals surface area contributed by atoms with E-state index in [0.29, 0.717) is 21.3 Å². The van der Waals surface area contributed by atoms with Crippen LogP contribution in [-0.4, -0.2) is 27.8 Å². The van der Waals surface area contributed by atoms with Gasteiger partial charge in [-0.15, -0.1) is 11.3 Å². The predicted molar refractivity (Wildman–Crippen MR) is 131 cm³/mol. The van der Waals surface area contributed by atoms with E-state index in [1.807, 2.05) is 5.38 Å². The molecule has 5 nitrogen and oxygen atoms in total. The van der Waals surface area contributed by atoms with Gasteiger partial charge in [-0.2, -0.15) is 0 Å². The molecule has 0 radical (unpaired) electrons. The van der Waals surface area contributed by atoms with Crippen LogP contribution in [0.4, 0.5) is 0 Å². The molecule has 1 fully saturated rings. The number of hydrogen-bond donors (Lipinski definition) is 1. The Morgan fingerprint density at radius 1 is 1.22 bits per heavy atom. The van der Waals surface area contributed by atoms with Crippen molar-refractivity contribution in [3.8, 4) is 11.1 Å². The third-order valence-electron chi connectivity index (χ3n) is 6.59. The average Bonchev–Trinajstić information content (AvgIpc) is 3.22. The molecule has 5 rings (SSSR count). The van der Waals surface area contributed by atoms with Gasteiger partial charge in [0.15, 0.2) is 5.16 Å². The summed E-state index contributed by atoms with van der Waals surface area (Å²) in [6.45, 7) is 2.21. The summed E-state index contributed by atoms with van der Waals surface area (Å²) in [5.41, 5.74) is 4.70. The van der Waals surface area contributed by atoms with Crippen molar-refractivity contribution in [2.24, 2.45) is 5.92 Å². The van der Waals surface area contributed by atoms with Crippen molar-refractivity contribution in [2.75, 3.05) is 5.75 Å². The van der Waals surface area contributed by atoms with Gasteiger partial charge in [0, 0.05) is 10.9 Å². The molecule has 0 aliphatic heterocycles. The summed E-state index contributed by atoms with van der Waals surface area (Å²) in [5.74, 6) is 0.526. The van der Waals surface area contributed by atoms with Crippen LogP contribution >= 0.6 is 23.1 Å². The van der Waals surface area contributed by atoms with Crippen molar-refractivity contribution in [1.29, 1.82) is 0 Å². The predicted octanol–water partition coefficient (Wildman–Crippen LogP) is 5.74. The number of benzene rings is 1. The van der Waals surface area contributed by atoms with Gasteiger partial charge < -0.3 is 9.72 Å². The number of thioether (sulfide) groups is 1. The average molecular weight is 469 g/mol. The van der Waals surface area contributed by atoms with Crippen LogP contribution in [0.15, 0.2) is 33.5 Å². The molecule has 0 saturated heterocycles. The van der Waals surface area contributed by atoms with Crippen LogP contribution in [0.2, 0.25) is 0 Å². The van der Waals surface area contributed by atoms with Gasteiger partial charge in [0.05, 0.1) is 11.1 Å². The number of rotatable bonds is 5. The molecule has 168 valence electrons. The van der Waals surface area contributed by atoms with E-state index in [0.717, 1.165) is 43.2 Å². The van der Waals surface area contributed by atoms with E-state index in [9.17, 15) is 9.59 Å². The van der Waals surface area contributed by atoms with Crippen molar-refractivity contribution < 1.29 is 9.53 Å². The highest BCUT2D eigenvalue weighted by Crippen LogP contribution is 2.34. The first-order chi connectivity index (χ1) is 15.6. The minimum atomic E-state index is -0.238. The SMILES string of the molecule is CC1CCCC(OC(=O)CSc2nc3scc(-c4ccc5c(c4)CCCC5)c3c(=O)[nH]2)C1. The van der Waals surface area contributed by atoms with Crippen molar-refractivity contribution in [3.05, 3.63) is 45.1 Å². The van der Waals surface area contributed by atoms with Crippen LogP contribution in [0.5, 0.6) is 0 Å². The van der Waals surface area contributed by atoms with E-state index in [-0.39, 0.29) is 23.4 Å². The maximum atomic E-state index is 12.9. The van der Waals surface area contributed by atoms with E-state index in [1.54, 1.807) is 0 Å². The number of nitrogens with one attached hydrogen (secondary N) is 1. The fourth-order valence-electron chi connectivity index (χ4n) is 4.94. The maximum absolute atomic E-state index is 12.9. The molecule has 2 aliphatic carbocycles. The standard InChI is InChI=1S/C25H28N2O3S2/c1-15-5-4-8-19(11-15)30-21(28)14-32-25-26-23(29)22-20(13-31-24(22)27-25)18-10-9-16-6-2-3-7-17(16)12-18/h9-10,12-13,15,19H,2-8,11,14H2,1H3,(H,26,27,29). The number of ether oxygens (including phenoxy) is 1. The van der Waals surface area contributed by atoms with E-state index in [1.165, 1.54) is 53.5 Å². The number of aryl methyl sites for hydroxylation is 2.